The molecule has 1 aromatic rings. The Morgan fingerprint density at radius 1 is 0.708 bits per heavy atom. The Labute approximate surface area is 280 Å². The first-order valence-electron chi connectivity index (χ1n) is 15.5. The highest BCUT2D eigenvalue weighted by molar-refractivity contribution is 5.94. The Morgan fingerprint density at radius 2 is 1.27 bits per heavy atom. The second kappa shape index (κ2) is 18.4. The Bertz CT molecular complexity index is 1300. The summed E-state index contributed by atoms with van der Waals surface area (Å²) in [5, 5.41) is 12.3. The van der Waals surface area contributed by atoms with Gasteiger partial charge >= 0.3 is 12.2 Å². The minimum Gasteiger partial charge on any atom is -0.444 e. The van der Waals surface area contributed by atoms with E-state index in [9.17, 15) is 33.6 Å². The highest BCUT2D eigenvalue weighted by Gasteiger charge is 2.28. The number of carbonyl (C=O) groups excluding carboxylic acids is 7. The van der Waals surface area contributed by atoms with Crippen LogP contribution < -0.4 is 37.1 Å². The quantitative estimate of drug-likeness (QED) is 0.115. The van der Waals surface area contributed by atoms with Crippen LogP contribution in [0.2, 0.25) is 0 Å². The molecule has 3 atom stereocenters. The van der Waals surface area contributed by atoms with Gasteiger partial charge in [-0.1, -0.05) is 26.0 Å². The standard InChI is InChI=1S/C32H50N6O10/c1-18(2)14-22(27(42)34-16-24(33)39)37-25(40)17-35-26(41)19(3)36-28(43)23(38-29(44)47-31(4,5)6)15-20-10-12-21(13-11-20)46-30(45)48-32(7,8)9/h10-13,18-19,22-23H,14-17H2,1-9H3,(H2,33,39)(H,34,42)(H,35,41)(H,36,43)(H,37,40)(H,38,44)/t19-,22?,23?/m0/s1. The molecule has 16 heteroatoms. The maximum atomic E-state index is 13.3. The number of ether oxygens (including phenoxy) is 3. The minimum absolute atomic E-state index is 0.0187. The van der Waals surface area contributed by atoms with Gasteiger partial charge in [0.15, 0.2) is 0 Å². The molecule has 0 radical (unpaired) electrons. The van der Waals surface area contributed by atoms with E-state index in [2.05, 4.69) is 26.6 Å². The average Bonchev–Trinajstić information content (AvgIpc) is 2.92. The topological polar surface area (TPSA) is 233 Å². The fourth-order valence-corrected chi connectivity index (χ4v) is 3.90. The second-order valence-electron chi connectivity index (χ2n) is 13.5. The summed E-state index contributed by atoms with van der Waals surface area (Å²) in [7, 11) is 0. The molecule has 6 amide bonds. The average molecular weight is 679 g/mol. The lowest BCUT2D eigenvalue weighted by molar-refractivity contribution is -0.132. The lowest BCUT2D eigenvalue weighted by Crippen LogP contribution is -2.55. The molecular formula is C32H50N6O10. The van der Waals surface area contributed by atoms with E-state index in [1.54, 1.807) is 53.7 Å². The fourth-order valence-electron chi connectivity index (χ4n) is 3.90. The van der Waals surface area contributed by atoms with Gasteiger partial charge in [0.25, 0.3) is 0 Å². The van der Waals surface area contributed by atoms with Crippen molar-refractivity contribution in [2.24, 2.45) is 11.7 Å². The van der Waals surface area contributed by atoms with E-state index in [0.717, 1.165) is 0 Å². The fraction of sp³-hybridized carbons (Fsp3) is 0.594. The van der Waals surface area contributed by atoms with Crippen LogP contribution >= 0.6 is 0 Å². The molecule has 0 saturated heterocycles. The predicted octanol–water partition coefficient (Wildman–Crippen LogP) is 1.19. The number of benzene rings is 1. The van der Waals surface area contributed by atoms with Crippen LogP contribution in [0.3, 0.4) is 0 Å². The number of amides is 6. The van der Waals surface area contributed by atoms with Crippen molar-refractivity contribution in [2.75, 3.05) is 13.1 Å². The van der Waals surface area contributed by atoms with Crippen molar-refractivity contribution >= 4 is 41.8 Å². The highest BCUT2D eigenvalue weighted by atomic mass is 16.7. The molecule has 0 spiro atoms. The zero-order valence-electron chi connectivity index (χ0n) is 29.1. The van der Waals surface area contributed by atoms with Crippen LogP contribution in [0.25, 0.3) is 0 Å². The predicted molar refractivity (Wildman–Crippen MR) is 174 cm³/mol. The van der Waals surface area contributed by atoms with Crippen LogP contribution in [0.15, 0.2) is 24.3 Å². The number of rotatable bonds is 15. The molecule has 268 valence electrons. The Morgan fingerprint density at radius 3 is 1.79 bits per heavy atom. The number of nitrogens with two attached hydrogens (primary N) is 1. The number of hydrogen-bond acceptors (Lipinski definition) is 10. The SMILES string of the molecule is CC(C)CC(NC(=O)CNC(=O)[C@H](C)NC(=O)C(Cc1ccc(OC(=O)OC(C)(C)C)cc1)NC(=O)OC(C)(C)C)C(=O)NCC(N)=O. The molecule has 48 heavy (non-hydrogen) atoms. The van der Waals surface area contributed by atoms with Crippen molar-refractivity contribution in [1.82, 2.24) is 26.6 Å². The summed E-state index contributed by atoms with van der Waals surface area (Å²) < 4.78 is 15.6. The number of hydrogen-bond donors (Lipinski definition) is 6. The summed E-state index contributed by atoms with van der Waals surface area (Å²) >= 11 is 0. The smallest absolute Gasteiger partial charge is 0.444 e. The zero-order chi connectivity index (χ0) is 36.8. The van der Waals surface area contributed by atoms with E-state index in [1.807, 2.05) is 13.8 Å². The van der Waals surface area contributed by atoms with E-state index in [-0.39, 0.29) is 24.5 Å². The van der Waals surface area contributed by atoms with Crippen molar-refractivity contribution in [3.8, 4) is 5.75 Å². The third-order valence-corrected chi connectivity index (χ3v) is 5.93. The van der Waals surface area contributed by atoms with E-state index in [4.69, 9.17) is 19.9 Å². The van der Waals surface area contributed by atoms with Gasteiger partial charge in [0, 0.05) is 6.42 Å². The van der Waals surface area contributed by atoms with Gasteiger partial charge in [0.1, 0.15) is 35.1 Å². The molecule has 0 aliphatic rings. The lowest BCUT2D eigenvalue weighted by atomic mass is 10.0. The van der Waals surface area contributed by atoms with Crippen molar-refractivity contribution < 1.29 is 47.8 Å². The number of nitrogens with one attached hydrogen (secondary N) is 5. The number of carbonyl (C=O) groups is 7. The minimum atomic E-state index is -1.19. The molecule has 16 nitrogen and oxygen atoms in total. The highest BCUT2D eigenvalue weighted by Crippen LogP contribution is 2.17. The molecule has 2 unspecified atom stereocenters. The summed E-state index contributed by atoms with van der Waals surface area (Å²) in [6, 6.07) is 2.88. The van der Waals surface area contributed by atoms with Gasteiger partial charge in [-0.05, 0) is 78.5 Å². The van der Waals surface area contributed by atoms with Gasteiger partial charge in [-0.3, -0.25) is 24.0 Å². The third kappa shape index (κ3) is 17.7. The van der Waals surface area contributed by atoms with Crippen molar-refractivity contribution in [3.63, 3.8) is 0 Å². The lowest BCUT2D eigenvalue weighted by Gasteiger charge is -2.24. The Hall–Kier alpha value is -4.89. The van der Waals surface area contributed by atoms with Crippen LogP contribution in [0.4, 0.5) is 9.59 Å². The van der Waals surface area contributed by atoms with Gasteiger partial charge in [0.2, 0.25) is 29.5 Å². The number of alkyl carbamates (subject to hydrolysis) is 1. The van der Waals surface area contributed by atoms with Crippen LogP contribution in [0.5, 0.6) is 5.75 Å². The van der Waals surface area contributed by atoms with Crippen molar-refractivity contribution in [2.45, 2.75) is 104 Å². The molecule has 0 fully saturated rings. The Kier molecular flexibility index (Phi) is 15.8. The summed E-state index contributed by atoms with van der Waals surface area (Å²) in [6.07, 6.45) is -1.51. The third-order valence-electron chi connectivity index (χ3n) is 5.93. The summed E-state index contributed by atoms with van der Waals surface area (Å²) in [6.45, 7) is 14.2. The zero-order valence-corrected chi connectivity index (χ0v) is 29.1. The van der Waals surface area contributed by atoms with Crippen molar-refractivity contribution in [1.29, 1.82) is 0 Å². The van der Waals surface area contributed by atoms with E-state index in [1.165, 1.54) is 19.1 Å². The first-order valence-corrected chi connectivity index (χ1v) is 15.5. The molecule has 0 heterocycles. The van der Waals surface area contributed by atoms with Gasteiger partial charge in [-0.2, -0.15) is 0 Å². The molecule has 1 aromatic carbocycles. The Balaban J connectivity index is 2.90. The summed E-state index contributed by atoms with van der Waals surface area (Å²) in [4.78, 5) is 86.5. The normalized spacial score (nSPS) is 13.2. The molecule has 0 aromatic heterocycles. The second-order valence-corrected chi connectivity index (χ2v) is 13.5. The van der Waals surface area contributed by atoms with Crippen LogP contribution in [0.1, 0.15) is 74.3 Å². The largest absolute Gasteiger partial charge is 0.514 e. The van der Waals surface area contributed by atoms with Crippen LogP contribution in [-0.4, -0.2) is 84.2 Å². The van der Waals surface area contributed by atoms with E-state index >= 15 is 0 Å². The summed E-state index contributed by atoms with van der Waals surface area (Å²) in [5.41, 5.74) is 4.05. The molecule has 0 bridgehead atoms. The van der Waals surface area contributed by atoms with Gasteiger partial charge in [-0.25, -0.2) is 9.59 Å². The first-order chi connectivity index (χ1) is 22.0. The summed E-state index contributed by atoms with van der Waals surface area (Å²) in [5.74, 6) is -3.23. The van der Waals surface area contributed by atoms with Crippen LogP contribution in [-0.2, 0) is 39.9 Å². The molecule has 0 saturated carbocycles. The first kappa shape index (κ1) is 41.1. The maximum absolute atomic E-state index is 13.3. The molecule has 7 N–H and O–H groups in total. The molecule has 1 rings (SSSR count). The van der Waals surface area contributed by atoms with Gasteiger partial charge < -0.3 is 46.5 Å². The molecular weight excluding hydrogens is 628 g/mol. The number of primary amides is 1. The van der Waals surface area contributed by atoms with E-state index < -0.39 is 84.2 Å². The van der Waals surface area contributed by atoms with Crippen LogP contribution in [0, 0.1) is 5.92 Å². The molecule has 0 aliphatic carbocycles. The monoisotopic (exact) mass is 678 g/mol. The van der Waals surface area contributed by atoms with Crippen molar-refractivity contribution in [3.05, 3.63) is 29.8 Å². The maximum Gasteiger partial charge on any atom is 0.514 e. The molecule has 0 aliphatic heterocycles. The van der Waals surface area contributed by atoms with E-state index in [0.29, 0.717) is 5.56 Å². The van der Waals surface area contributed by atoms with Gasteiger partial charge in [0.05, 0.1) is 13.1 Å². The van der Waals surface area contributed by atoms with Gasteiger partial charge in [-0.15, -0.1) is 0 Å².